The first-order valence-corrected chi connectivity index (χ1v) is 6.28. The van der Waals surface area contributed by atoms with Gasteiger partial charge in [-0.15, -0.1) is 11.8 Å². The zero-order valence-corrected chi connectivity index (χ0v) is 10.1. The van der Waals surface area contributed by atoms with Crippen molar-refractivity contribution in [2.75, 3.05) is 6.26 Å². The maximum Gasteiger partial charge on any atom is 0.223 e. The minimum absolute atomic E-state index is 0.0589. The van der Waals surface area contributed by atoms with Crippen molar-refractivity contribution < 1.29 is 9.84 Å². The Morgan fingerprint density at radius 2 is 2.12 bits per heavy atom. The highest BCUT2D eigenvalue weighted by Gasteiger charge is 2.05. The number of hydrogen-bond donors (Lipinski definition) is 1. The first-order valence-electron chi connectivity index (χ1n) is 5.06. The van der Waals surface area contributed by atoms with Crippen molar-refractivity contribution in [1.82, 2.24) is 9.97 Å². The molecular weight excluding hydrogens is 236 g/mol. The average molecular weight is 248 g/mol. The van der Waals surface area contributed by atoms with E-state index in [9.17, 15) is 5.11 Å². The number of aromatic nitrogens is 2. The largest absolute Gasteiger partial charge is 0.439 e. The van der Waals surface area contributed by atoms with Gasteiger partial charge in [0, 0.05) is 11.6 Å². The van der Waals surface area contributed by atoms with Crippen LogP contribution in [0.3, 0.4) is 0 Å². The molecule has 1 aromatic carbocycles. The number of aliphatic hydroxyl groups excluding tert-OH is 1. The number of aliphatic hydroxyl groups is 1. The minimum atomic E-state index is -0.0589. The molecule has 0 amide bonds. The summed E-state index contributed by atoms with van der Waals surface area (Å²) in [4.78, 5) is 8.09. The Balaban J connectivity index is 2.24. The molecule has 1 N–H and O–H groups in total. The summed E-state index contributed by atoms with van der Waals surface area (Å²) < 4.78 is 5.62. The maximum absolute atomic E-state index is 9.18. The zero-order valence-electron chi connectivity index (χ0n) is 9.33. The van der Waals surface area contributed by atoms with Gasteiger partial charge in [-0.1, -0.05) is 18.2 Å². The summed E-state index contributed by atoms with van der Waals surface area (Å²) in [5.41, 5.74) is 0.733. The summed E-state index contributed by atoms with van der Waals surface area (Å²) >= 11 is 1.52. The van der Waals surface area contributed by atoms with Gasteiger partial charge >= 0.3 is 0 Å². The lowest BCUT2D eigenvalue weighted by atomic mass is 10.2. The fourth-order valence-corrected chi connectivity index (χ4v) is 1.71. The SMILES string of the molecule is CSc1cc(Oc2ccccc2CO)ncn1. The number of thioether (sulfide) groups is 1. The molecule has 0 aliphatic rings. The predicted molar refractivity (Wildman–Crippen MR) is 66.3 cm³/mol. The monoisotopic (exact) mass is 248 g/mol. The molecule has 17 heavy (non-hydrogen) atoms. The molecule has 0 aliphatic heterocycles. The standard InChI is InChI=1S/C12H12N2O2S/c1-17-12-6-11(13-8-14-12)16-10-5-3-2-4-9(10)7-15/h2-6,8,15H,7H2,1H3. The smallest absolute Gasteiger partial charge is 0.223 e. The molecule has 0 unspecified atom stereocenters. The van der Waals surface area contributed by atoms with Crippen molar-refractivity contribution in [1.29, 1.82) is 0 Å². The third kappa shape index (κ3) is 2.95. The van der Waals surface area contributed by atoms with Crippen LogP contribution in [0, 0.1) is 0 Å². The van der Waals surface area contributed by atoms with Crippen LogP contribution in [0.2, 0.25) is 0 Å². The van der Waals surface area contributed by atoms with E-state index in [0.29, 0.717) is 11.6 Å². The van der Waals surface area contributed by atoms with Gasteiger partial charge in [0.1, 0.15) is 17.1 Å². The van der Waals surface area contributed by atoms with E-state index in [1.165, 1.54) is 18.1 Å². The van der Waals surface area contributed by atoms with Crippen molar-refractivity contribution in [2.45, 2.75) is 11.6 Å². The van der Waals surface area contributed by atoms with Gasteiger partial charge < -0.3 is 9.84 Å². The highest BCUT2D eigenvalue weighted by atomic mass is 32.2. The van der Waals surface area contributed by atoms with Crippen LogP contribution in [0.15, 0.2) is 41.7 Å². The van der Waals surface area contributed by atoms with Crippen molar-refractivity contribution >= 4 is 11.8 Å². The van der Waals surface area contributed by atoms with Gasteiger partial charge in [0.15, 0.2) is 0 Å². The van der Waals surface area contributed by atoms with Gasteiger partial charge in [0.05, 0.1) is 6.61 Å². The van der Waals surface area contributed by atoms with Crippen molar-refractivity contribution in [2.24, 2.45) is 0 Å². The second kappa shape index (κ2) is 5.65. The molecule has 88 valence electrons. The van der Waals surface area contributed by atoms with Crippen LogP contribution in [0.5, 0.6) is 11.6 Å². The molecule has 0 bridgehead atoms. The lowest BCUT2D eigenvalue weighted by Gasteiger charge is -2.08. The first kappa shape index (κ1) is 11.9. The van der Waals surface area contributed by atoms with Gasteiger partial charge in [0.25, 0.3) is 0 Å². The van der Waals surface area contributed by atoms with Crippen LogP contribution in [-0.4, -0.2) is 21.3 Å². The molecule has 0 fully saturated rings. The Kier molecular flexibility index (Phi) is 3.95. The Morgan fingerprint density at radius 1 is 1.29 bits per heavy atom. The van der Waals surface area contributed by atoms with Crippen LogP contribution < -0.4 is 4.74 Å². The highest BCUT2D eigenvalue weighted by Crippen LogP contribution is 2.25. The fourth-order valence-electron chi connectivity index (χ4n) is 1.34. The van der Waals surface area contributed by atoms with Gasteiger partial charge in [0.2, 0.25) is 5.88 Å². The molecule has 1 heterocycles. The number of rotatable bonds is 4. The second-order valence-electron chi connectivity index (χ2n) is 3.27. The highest BCUT2D eigenvalue weighted by molar-refractivity contribution is 7.98. The summed E-state index contributed by atoms with van der Waals surface area (Å²) in [6, 6.07) is 9.08. The van der Waals surface area contributed by atoms with Crippen LogP contribution in [-0.2, 0) is 6.61 Å². The summed E-state index contributed by atoms with van der Waals surface area (Å²) in [5, 5.41) is 10.0. The summed E-state index contributed by atoms with van der Waals surface area (Å²) in [5.74, 6) is 1.09. The Labute approximate surface area is 104 Å². The summed E-state index contributed by atoms with van der Waals surface area (Å²) in [7, 11) is 0. The molecular formula is C12H12N2O2S. The third-order valence-corrected chi connectivity index (χ3v) is 2.83. The number of benzene rings is 1. The summed E-state index contributed by atoms with van der Waals surface area (Å²) in [6.45, 7) is -0.0589. The van der Waals surface area contributed by atoms with Crippen molar-refractivity contribution in [3.05, 3.63) is 42.2 Å². The van der Waals surface area contributed by atoms with Crippen LogP contribution in [0.4, 0.5) is 0 Å². The molecule has 0 saturated heterocycles. The maximum atomic E-state index is 9.18. The third-order valence-electron chi connectivity index (χ3n) is 2.18. The van der Waals surface area contributed by atoms with Gasteiger partial charge in [-0.2, -0.15) is 0 Å². The molecule has 0 saturated carbocycles. The molecule has 0 atom stereocenters. The van der Waals surface area contributed by atoms with E-state index in [0.717, 1.165) is 10.6 Å². The normalized spacial score (nSPS) is 10.2. The molecule has 0 radical (unpaired) electrons. The molecule has 2 rings (SSSR count). The molecule has 2 aromatic rings. The topological polar surface area (TPSA) is 55.2 Å². The lowest BCUT2D eigenvalue weighted by Crippen LogP contribution is -1.94. The lowest BCUT2D eigenvalue weighted by molar-refractivity contribution is 0.276. The Bertz CT molecular complexity index is 505. The van der Waals surface area contributed by atoms with Gasteiger partial charge in [-0.25, -0.2) is 9.97 Å². The van der Waals surface area contributed by atoms with Crippen LogP contribution >= 0.6 is 11.8 Å². The van der Waals surface area contributed by atoms with E-state index in [-0.39, 0.29) is 6.61 Å². The number of para-hydroxylation sites is 1. The van der Waals surface area contributed by atoms with E-state index in [1.54, 1.807) is 12.1 Å². The minimum Gasteiger partial charge on any atom is -0.439 e. The van der Waals surface area contributed by atoms with Crippen molar-refractivity contribution in [3.63, 3.8) is 0 Å². The van der Waals surface area contributed by atoms with E-state index < -0.39 is 0 Å². The fraction of sp³-hybridized carbons (Fsp3) is 0.167. The molecule has 1 aromatic heterocycles. The van der Waals surface area contributed by atoms with E-state index in [1.807, 2.05) is 24.5 Å². The Hall–Kier alpha value is -1.59. The van der Waals surface area contributed by atoms with Crippen LogP contribution in [0.1, 0.15) is 5.56 Å². The average Bonchev–Trinajstić information content (AvgIpc) is 2.39. The van der Waals surface area contributed by atoms with E-state index >= 15 is 0 Å². The molecule has 4 nitrogen and oxygen atoms in total. The van der Waals surface area contributed by atoms with E-state index in [4.69, 9.17) is 4.74 Å². The predicted octanol–water partition coefficient (Wildman–Crippen LogP) is 2.48. The summed E-state index contributed by atoms with van der Waals surface area (Å²) in [6.07, 6.45) is 3.40. The number of ether oxygens (including phenoxy) is 1. The number of hydrogen-bond acceptors (Lipinski definition) is 5. The van der Waals surface area contributed by atoms with Crippen molar-refractivity contribution in [3.8, 4) is 11.6 Å². The molecule has 0 aliphatic carbocycles. The van der Waals surface area contributed by atoms with Gasteiger partial charge in [-0.3, -0.25) is 0 Å². The first-order chi connectivity index (χ1) is 8.33. The van der Waals surface area contributed by atoms with Gasteiger partial charge in [-0.05, 0) is 12.3 Å². The zero-order chi connectivity index (χ0) is 12.1. The quantitative estimate of drug-likeness (QED) is 0.665. The molecule has 5 heteroatoms. The Morgan fingerprint density at radius 3 is 2.88 bits per heavy atom. The number of nitrogens with zero attached hydrogens (tertiary/aromatic N) is 2. The molecule has 0 spiro atoms. The second-order valence-corrected chi connectivity index (χ2v) is 4.09. The van der Waals surface area contributed by atoms with E-state index in [2.05, 4.69) is 9.97 Å². The van der Waals surface area contributed by atoms with Crippen LogP contribution in [0.25, 0.3) is 0 Å².